The monoisotopic (exact) mass is 409 g/mol. The summed E-state index contributed by atoms with van der Waals surface area (Å²) in [5.41, 5.74) is 8.23. The van der Waals surface area contributed by atoms with E-state index in [0.717, 1.165) is 23.3 Å². The fourth-order valence-electron chi connectivity index (χ4n) is 3.29. The van der Waals surface area contributed by atoms with Gasteiger partial charge >= 0.3 is 5.97 Å². The number of carboxylic acids is 1. The van der Waals surface area contributed by atoms with E-state index < -0.39 is 17.9 Å². The second-order valence-corrected chi connectivity index (χ2v) is 6.51. The zero-order chi connectivity index (χ0) is 19.4. The molecular weight excluding hydrogens is 386 g/mol. The number of aromatic nitrogens is 1. The van der Waals surface area contributed by atoms with Crippen LogP contribution >= 0.6 is 12.4 Å². The second kappa shape index (κ2) is 9.57. The van der Waals surface area contributed by atoms with Crippen molar-refractivity contribution >= 4 is 24.3 Å². The van der Waals surface area contributed by atoms with Crippen LogP contribution < -0.4 is 15.8 Å². The van der Waals surface area contributed by atoms with E-state index in [1.165, 1.54) is 0 Å². The number of methoxy groups -OCH3 is 1. The number of halogens is 1. The highest BCUT2D eigenvalue weighted by Gasteiger charge is 2.30. The summed E-state index contributed by atoms with van der Waals surface area (Å²) in [7, 11) is 1.61. The molecule has 1 aromatic heterocycles. The molecule has 4 N–H and O–H groups in total. The van der Waals surface area contributed by atoms with Crippen LogP contribution in [0.5, 0.6) is 5.75 Å². The molecule has 0 aliphatic heterocycles. The molecule has 0 fully saturated rings. The molecule has 0 saturated heterocycles. The minimum atomic E-state index is -1.07. The molecule has 8 nitrogen and oxygen atoms in total. The van der Waals surface area contributed by atoms with Gasteiger partial charge in [-0.15, -0.1) is 12.4 Å². The van der Waals surface area contributed by atoms with Gasteiger partial charge in [-0.05, 0) is 62.4 Å². The zero-order valence-electron chi connectivity index (χ0n) is 15.6. The Hall–Kier alpha value is -2.58. The van der Waals surface area contributed by atoms with Gasteiger partial charge < -0.3 is 25.4 Å². The first kappa shape index (κ1) is 21.7. The van der Waals surface area contributed by atoms with Crippen LogP contribution in [-0.2, 0) is 17.6 Å². The lowest BCUT2D eigenvalue weighted by molar-refractivity contribution is -0.139. The van der Waals surface area contributed by atoms with Gasteiger partial charge in [-0.25, -0.2) is 4.79 Å². The number of ether oxygens (including phenoxy) is 1. The SMILES string of the molecule is COc1ccc2c(c1)CCc1c(C(=O)N[C@@H](CCCCN)C(=O)O)noc1-2.Cl. The number of amides is 1. The number of carbonyl (C=O) groups excluding carboxylic acids is 1. The molecule has 0 radical (unpaired) electrons. The first-order chi connectivity index (χ1) is 13.0. The van der Waals surface area contributed by atoms with Crippen molar-refractivity contribution in [2.75, 3.05) is 13.7 Å². The summed E-state index contributed by atoms with van der Waals surface area (Å²) < 4.78 is 10.7. The van der Waals surface area contributed by atoms with Crippen LogP contribution in [0.1, 0.15) is 40.9 Å². The topological polar surface area (TPSA) is 128 Å². The van der Waals surface area contributed by atoms with E-state index >= 15 is 0 Å². The van der Waals surface area contributed by atoms with Crippen molar-refractivity contribution in [2.45, 2.75) is 38.1 Å². The van der Waals surface area contributed by atoms with Crippen LogP contribution in [0.2, 0.25) is 0 Å². The maximum Gasteiger partial charge on any atom is 0.326 e. The summed E-state index contributed by atoms with van der Waals surface area (Å²) in [5.74, 6) is -0.289. The lowest BCUT2D eigenvalue weighted by Crippen LogP contribution is -2.41. The predicted octanol–water partition coefficient (Wildman–Crippen LogP) is 2.18. The number of fused-ring (bicyclic) bond motifs is 3. The van der Waals surface area contributed by atoms with Crippen LogP contribution in [0.3, 0.4) is 0 Å². The van der Waals surface area contributed by atoms with E-state index in [9.17, 15) is 14.7 Å². The first-order valence-corrected chi connectivity index (χ1v) is 8.94. The van der Waals surface area contributed by atoms with E-state index in [1.807, 2.05) is 18.2 Å². The molecule has 1 amide bonds. The van der Waals surface area contributed by atoms with Crippen molar-refractivity contribution in [1.82, 2.24) is 10.5 Å². The van der Waals surface area contributed by atoms with Crippen molar-refractivity contribution in [3.63, 3.8) is 0 Å². The van der Waals surface area contributed by atoms with Crippen molar-refractivity contribution < 1.29 is 24.0 Å². The Balaban J connectivity index is 0.00000280. The van der Waals surface area contributed by atoms with Crippen LogP contribution in [0.25, 0.3) is 11.3 Å². The minimum Gasteiger partial charge on any atom is -0.497 e. The standard InChI is InChI=1S/C19H23N3O5.ClH/c1-26-12-6-8-13-11(10-12)5-7-14-16(22-27-17(13)14)18(23)21-15(19(24)25)4-2-3-9-20;/h6,8,10,15H,2-5,7,9,20H2,1H3,(H,21,23)(H,24,25);1H/t15-;/m0./s1. The number of unbranched alkanes of at least 4 members (excludes halogenated alkanes) is 1. The van der Waals surface area contributed by atoms with Crippen molar-refractivity contribution in [2.24, 2.45) is 5.73 Å². The summed E-state index contributed by atoms with van der Waals surface area (Å²) in [6, 6.07) is 4.68. The van der Waals surface area contributed by atoms with Gasteiger partial charge in [-0.1, -0.05) is 5.16 Å². The number of nitrogens with zero attached hydrogens (tertiary/aromatic N) is 1. The molecule has 0 saturated carbocycles. The fourth-order valence-corrected chi connectivity index (χ4v) is 3.29. The van der Waals surface area contributed by atoms with Crippen LogP contribution in [0, 0.1) is 0 Å². The van der Waals surface area contributed by atoms with Gasteiger partial charge in [0.1, 0.15) is 11.8 Å². The molecule has 0 spiro atoms. The van der Waals surface area contributed by atoms with Crippen molar-refractivity contribution in [3.05, 3.63) is 35.0 Å². The fraction of sp³-hybridized carbons (Fsp3) is 0.421. The maximum atomic E-state index is 12.6. The maximum absolute atomic E-state index is 12.6. The molecule has 1 heterocycles. The number of aliphatic carboxylic acids is 1. The smallest absolute Gasteiger partial charge is 0.326 e. The zero-order valence-corrected chi connectivity index (χ0v) is 16.4. The average molecular weight is 410 g/mol. The number of nitrogens with one attached hydrogen (secondary N) is 1. The van der Waals surface area contributed by atoms with Gasteiger partial charge in [0, 0.05) is 11.1 Å². The second-order valence-electron chi connectivity index (χ2n) is 6.51. The van der Waals surface area contributed by atoms with Crippen LogP contribution in [0.4, 0.5) is 0 Å². The third kappa shape index (κ3) is 4.45. The van der Waals surface area contributed by atoms with Crippen LogP contribution in [-0.4, -0.2) is 41.8 Å². The number of hydrogen-bond acceptors (Lipinski definition) is 6. The summed E-state index contributed by atoms with van der Waals surface area (Å²) in [4.78, 5) is 24.0. The molecule has 0 bridgehead atoms. The molecule has 1 atom stereocenters. The van der Waals surface area contributed by atoms with E-state index in [-0.39, 0.29) is 18.1 Å². The Morgan fingerprint density at radius 2 is 2.14 bits per heavy atom. The molecule has 1 aliphatic carbocycles. The van der Waals surface area contributed by atoms with Gasteiger partial charge in [0.2, 0.25) is 0 Å². The van der Waals surface area contributed by atoms with Gasteiger partial charge in [0.05, 0.1) is 7.11 Å². The third-order valence-corrected chi connectivity index (χ3v) is 4.75. The Kier molecular flexibility index (Phi) is 7.42. The van der Waals surface area contributed by atoms with Gasteiger partial charge in [-0.3, -0.25) is 4.79 Å². The lowest BCUT2D eigenvalue weighted by atomic mass is 9.89. The highest BCUT2D eigenvalue weighted by molar-refractivity contribution is 5.97. The normalized spacial score (nSPS) is 12.9. The number of carbonyl (C=O) groups is 2. The molecular formula is C19H24ClN3O5. The summed E-state index contributed by atoms with van der Waals surface area (Å²) in [5, 5.41) is 15.8. The molecule has 2 aromatic rings. The third-order valence-electron chi connectivity index (χ3n) is 4.75. The Labute approximate surface area is 168 Å². The molecule has 3 rings (SSSR count). The largest absolute Gasteiger partial charge is 0.497 e. The quantitative estimate of drug-likeness (QED) is 0.570. The molecule has 1 aliphatic rings. The number of rotatable bonds is 8. The summed E-state index contributed by atoms with van der Waals surface area (Å²) >= 11 is 0. The summed E-state index contributed by atoms with van der Waals surface area (Å²) in [6.07, 6.45) is 2.96. The van der Waals surface area contributed by atoms with Gasteiger partial charge in [0.25, 0.3) is 5.91 Å². The van der Waals surface area contributed by atoms with E-state index in [4.69, 9.17) is 15.0 Å². The highest BCUT2D eigenvalue weighted by atomic mass is 35.5. The number of aryl methyl sites for hydroxylation is 1. The number of carboxylic acid groups (broad SMARTS) is 1. The molecule has 152 valence electrons. The Morgan fingerprint density at radius 1 is 1.36 bits per heavy atom. The van der Waals surface area contributed by atoms with Gasteiger partial charge in [-0.2, -0.15) is 0 Å². The van der Waals surface area contributed by atoms with E-state index in [0.29, 0.717) is 43.6 Å². The minimum absolute atomic E-state index is 0. The predicted molar refractivity (Wildman–Crippen MR) is 105 cm³/mol. The number of hydrogen-bond donors (Lipinski definition) is 3. The molecule has 28 heavy (non-hydrogen) atoms. The van der Waals surface area contributed by atoms with Crippen LogP contribution in [0.15, 0.2) is 22.7 Å². The Morgan fingerprint density at radius 3 is 2.82 bits per heavy atom. The van der Waals surface area contributed by atoms with Crippen molar-refractivity contribution in [1.29, 1.82) is 0 Å². The molecule has 0 unspecified atom stereocenters. The number of nitrogens with two attached hydrogens (primary N) is 1. The highest BCUT2D eigenvalue weighted by Crippen LogP contribution is 2.37. The number of benzene rings is 1. The average Bonchev–Trinajstić information content (AvgIpc) is 3.11. The Bertz CT molecular complexity index is 852. The van der Waals surface area contributed by atoms with Crippen molar-refractivity contribution in [3.8, 4) is 17.1 Å². The van der Waals surface area contributed by atoms with E-state index in [2.05, 4.69) is 10.5 Å². The summed E-state index contributed by atoms with van der Waals surface area (Å²) in [6.45, 7) is 0.487. The molecule has 1 aromatic carbocycles. The lowest BCUT2D eigenvalue weighted by Gasteiger charge is -2.17. The van der Waals surface area contributed by atoms with E-state index in [1.54, 1.807) is 7.11 Å². The van der Waals surface area contributed by atoms with Gasteiger partial charge in [0.15, 0.2) is 11.5 Å². The first-order valence-electron chi connectivity index (χ1n) is 8.94. The molecule has 9 heteroatoms.